The van der Waals surface area contributed by atoms with Gasteiger partial charge in [-0.2, -0.15) is 5.10 Å². The largest absolute Gasteiger partial charge is 0.493 e. The van der Waals surface area contributed by atoms with Crippen LogP contribution in [0.15, 0.2) is 36.4 Å². The van der Waals surface area contributed by atoms with Gasteiger partial charge in [0.2, 0.25) is 5.75 Å². The number of nitrogens with one attached hydrogen (secondary N) is 1. The second-order valence-corrected chi connectivity index (χ2v) is 7.18. The number of ether oxygens (including phenoxy) is 3. The smallest absolute Gasteiger partial charge is 0.275 e. The van der Waals surface area contributed by atoms with Crippen molar-refractivity contribution in [1.82, 2.24) is 20.0 Å². The fraction of sp³-hybridized carbons (Fsp3) is 0.364. The van der Waals surface area contributed by atoms with Crippen LogP contribution in [0.25, 0.3) is 10.9 Å². The number of hydrogen-bond donors (Lipinski definition) is 1. The lowest BCUT2D eigenvalue weighted by Gasteiger charge is -2.34. The average Bonchev–Trinajstić information content (AvgIpc) is 3.22. The number of amides is 1. The van der Waals surface area contributed by atoms with Gasteiger partial charge < -0.3 is 19.1 Å². The molecule has 2 aromatic carbocycles. The van der Waals surface area contributed by atoms with E-state index < -0.39 is 0 Å². The summed E-state index contributed by atoms with van der Waals surface area (Å²) in [7, 11) is 4.84. The molecule has 1 aromatic heterocycles. The number of H-pyrrole nitrogens is 1. The van der Waals surface area contributed by atoms with Gasteiger partial charge in [-0.3, -0.25) is 14.8 Å². The number of para-hydroxylation sites is 1. The summed E-state index contributed by atoms with van der Waals surface area (Å²) < 4.78 is 16.4. The maximum atomic E-state index is 13.0. The van der Waals surface area contributed by atoms with Crippen molar-refractivity contribution in [2.24, 2.45) is 0 Å². The van der Waals surface area contributed by atoms with Crippen LogP contribution in [0, 0.1) is 0 Å². The van der Waals surface area contributed by atoms with Crippen LogP contribution < -0.4 is 14.2 Å². The van der Waals surface area contributed by atoms with E-state index in [0.717, 1.165) is 29.6 Å². The van der Waals surface area contributed by atoms with Gasteiger partial charge in [-0.1, -0.05) is 24.3 Å². The van der Waals surface area contributed by atoms with E-state index in [2.05, 4.69) is 15.1 Å². The molecular formula is C22H26N4O4. The normalized spacial score (nSPS) is 14.7. The van der Waals surface area contributed by atoms with Crippen LogP contribution in [-0.2, 0) is 6.54 Å². The summed E-state index contributed by atoms with van der Waals surface area (Å²) >= 11 is 0. The van der Waals surface area contributed by atoms with E-state index in [1.54, 1.807) is 21.3 Å². The number of hydrogen-bond acceptors (Lipinski definition) is 6. The number of piperazine rings is 1. The number of carbonyl (C=O) groups excluding carboxylic acids is 1. The van der Waals surface area contributed by atoms with Crippen molar-refractivity contribution in [2.45, 2.75) is 6.54 Å². The first-order valence-corrected chi connectivity index (χ1v) is 9.88. The van der Waals surface area contributed by atoms with Gasteiger partial charge in [-0.25, -0.2) is 0 Å². The fourth-order valence-electron chi connectivity index (χ4n) is 3.91. The first kappa shape index (κ1) is 20.0. The zero-order chi connectivity index (χ0) is 21.1. The maximum Gasteiger partial charge on any atom is 0.275 e. The van der Waals surface area contributed by atoms with Gasteiger partial charge in [0.05, 0.1) is 26.8 Å². The first-order chi connectivity index (χ1) is 14.7. The lowest BCUT2D eigenvalue weighted by atomic mass is 10.1. The average molecular weight is 410 g/mol. The summed E-state index contributed by atoms with van der Waals surface area (Å²) in [5.74, 6) is 1.88. The van der Waals surface area contributed by atoms with E-state index in [0.29, 0.717) is 42.6 Å². The summed E-state index contributed by atoms with van der Waals surface area (Å²) in [5.41, 5.74) is 2.38. The van der Waals surface area contributed by atoms with Crippen LogP contribution in [-0.4, -0.2) is 73.4 Å². The second-order valence-electron chi connectivity index (χ2n) is 7.18. The molecule has 8 heteroatoms. The Morgan fingerprint density at radius 1 is 0.967 bits per heavy atom. The number of rotatable bonds is 6. The van der Waals surface area contributed by atoms with Crippen molar-refractivity contribution in [3.8, 4) is 17.2 Å². The molecule has 0 radical (unpaired) electrons. The number of carbonyl (C=O) groups is 1. The molecule has 3 aromatic rings. The van der Waals surface area contributed by atoms with Crippen LogP contribution >= 0.6 is 0 Å². The third-order valence-corrected chi connectivity index (χ3v) is 5.51. The Morgan fingerprint density at radius 2 is 1.70 bits per heavy atom. The summed E-state index contributed by atoms with van der Waals surface area (Å²) in [4.78, 5) is 17.1. The summed E-state index contributed by atoms with van der Waals surface area (Å²) in [6.45, 7) is 3.54. The topological polar surface area (TPSA) is 79.9 Å². The van der Waals surface area contributed by atoms with Gasteiger partial charge in [0.25, 0.3) is 5.91 Å². The molecule has 1 fully saturated rings. The van der Waals surface area contributed by atoms with Crippen LogP contribution in [0.1, 0.15) is 16.1 Å². The zero-order valence-electron chi connectivity index (χ0n) is 17.5. The van der Waals surface area contributed by atoms with E-state index in [1.807, 2.05) is 41.3 Å². The highest BCUT2D eigenvalue weighted by molar-refractivity contribution is 6.04. The van der Waals surface area contributed by atoms with E-state index in [-0.39, 0.29) is 5.91 Å². The molecule has 0 spiro atoms. The predicted octanol–water partition coefficient (Wildman–Crippen LogP) is 2.55. The van der Waals surface area contributed by atoms with E-state index >= 15 is 0 Å². The van der Waals surface area contributed by atoms with Crippen LogP contribution in [0.2, 0.25) is 0 Å². The molecule has 1 amide bonds. The van der Waals surface area contributed by atoms with Crippen molar-refractivity contribution in [3.63, 3.8) is 0 Å². The number of methoxy groups -OCH3 is 3. The summed E-state index contributed by atoms with van der Waals surface area (Å²) in [6, 6.07) is 11.6. The van der Waals surface area contributed by atoms with Crippen LogP contribution in [0.4, 0.5) is 0 Å². The molecule has 1 N–H and O–H groups in total. The van der Waals surface area contributed by atoms with Crippen molar-refractivity contribution in [2.75, 3.05) is 47.5 Å². The Bertz CT molecular complexity index is 1040. The Hall–Kier alpha value is -3.26. The van der Waals surface area contributed by atoms with Crippen molar-refractivity contribution >= 4 is 16.8 Å². The Labute approximate surface area is 175 Å². The van der Waals surface area contributed by atoms with Crippen molar-refractivity contribution in [3.05, 3.63) is 47.7 Å². The molecule has 8 nitrogen and oxygen atoms in total. The van der Waals surface area contributed by atoms with Gasteiger partial charge in [-0.15, -0.1) is 0 Å². The van der Waals surface area contributed by atoms with Crippen LogP contribution in [0.5, 0.6) is 17.2 Å². The fourth-order valence-corrected chi connectivity index (χ4v) is 3.91. The SMILES string of the molecule is COc1ccc(CN2CCN(C(=O)c3n[nH]c4ccccc34)CC2)c(OC)c1OC. The van der Waals surface area contributed by atoms with E-state index in [9.17, 15) is 4.79 Å². The number of fused-ring (bicyclic) bond motifs is 1. The molecule has 1 aliphatic rings. The Kier molecular flexibility index (Phi) is 5.76. The Morgan fingerprint density at radius 3 is 2.40 bits per heavy atom. The molecule has 1 aliphatic heterocycles. The van der Waals surface area contributed by atoms with E-state index in [1.165, 1.54) is 0 Å². The molecule has 30 heavy (non-hydrogen) atoms. The van der Waals surface area contributed by atoms with Gasteiger partial charge in [-0.05, 0) is 12.1 Å². The van der Waals surface area contributed by atoms with E-state index in [4.69, 9.17) is 14.2 Å². The lowest BCUT2D eigenvalue weighted by Crippen LogP contribution is -2.48. The molecule has 0 unspecified atom stereocenters. The minimum atomic E-state index is -0.0317. The van der Waals surface area contributed by atoms with Crippen molar-refractivity contribution < 1.29 is 19.0 Å². The third-order valence-electron chi connectivity index (χ3n) is 5.51. The quantitative estimate of drug-likeness (QED) is 0.673. The highest BCUT2D eigenvalue weighted by atomic mass is 16.5. The highest BCUT2D eigenvalue weighted by Gasteiger charge is 2.26. The predicted molar refractivity (Wildman–Crippen MR) is 113 cm³/mol. The number of benzene rings is 2. The van der Waals surface area contributed by atoms with Gasteiger partial charge in [0, 0.05) is 43.7 Å². The molecular weight excluding hydrogens is 384 g/mol. The molecule has 2 heterocycles. The zero-order valence-corrected chi connectivity index (χ0v) is 17.5. The second kappa shape index (κ2) is 8.62. The minimum Gasteiger partial charge on any atom is -0.493 e. The Balaban J connectivity index is 1.43. The molecule has 4 rings (SSSR count). The van der Waals surface area contributed by atoms with Crippen molar-refractivity contribution in [1.29, 1.82) is 0 Å². The molecule has 0 atom stereocenters. The highest BCUT2D eigenvalue weighted by Crippen LogP contribution is 2.40. The monoisotopic (exact) mass is 410 g/mol. The minimum absolute atomic E-state index is 0.0317. The standard InChI is InChI=1S/C22H26N4O4/c1-28-18-9-8-15(20(29-2)21(18)30-3)14-25-10-12-26(13-11-25)22(27)19-16-6-4-5-7-17(16)23-24-19/h4-9H,10-14H2,1-3H3,(H,23,24). The molecule has 0 aliphatic carbocycles. The molecule has 0 bridgehead atoms. The van der Waals surface area contributed by atoms with Gasteiger partial charge in [0.15, 0.2) is 17.2 Å². The third kappa shape index (κ3) is 3.66. The lowest BCUT2D eigenvalue weighted by molar-refractivity contribution is 0.0623. The molecule has 158 valence electrons. The van der Waals surface area contributed by atoms with Gasteiger partial charge in [0.1, 0.15) is 0 Å². The van der Waals surface area contributed by atoms with Crippen LogP contribution in [0.3, 0.4) is 0 Å². The molecule has 1 saturated heterocycles. The maximum absolute atomic E-state index is 13.0. The first-order valence-electron chi connectivity index (χ1n) is 9.88. The summed E-state index contributed by atoms with van der Waals surface area (Å²) in [5, 5.41) is 8.04. The number of aromatic nitrogens is 2. The number of aromatic amines is 1. The summed E-state index contributed by atoms with van der Waals surface area (Å²) in [6.07, 6.45) is 0. The number of nitrogens with zero attached hydrogens (tertiary/aromatic N) is 3. The molecule has 0 saturated carbocycles. The van der Waals surface area contributed by atoms with Gasteiger partial charge >= 0.3 is 0 Å².